The first-order valence-corrected chi connectivity index (χ1v) is 4.29. The molecule has 1 unspecified atom stereocenters. The molecule has 0 saturated carbocycles. The summed E-state index contributed by atoms with van der Waals surface area (Å²) in [5, 5.41) is 0. The lowest BCUT2D eigenvalue weighted by Crippen LogP contribution is -2.19. The van der Waals surface area contributed by atoms with Crippen molar-refractivity contribution >= 4 is 17.4 Å². The van der Waals surface area contributed by atoms with E-state index in [-0.39, 0.29) is 0 Å². The third-order valence-corrected chi connectivity index (χ3v) is 2.88. The molecule has 11 heavy (non-hydrogen) atoms. The Balaban J connectivity index is 2.47. The predicted molar refractivity (Wildman–Crippen MR) is 45.6 cm³/mol. The molecular formula is C8H8FNS. The Bertz CT molecular complexity index is 277. The highest BCUT2D eigenvalue weighted by molar-refractivity contribution is 8.00. The number of hydrogen-bond acceptors (Lipinski definition) is 2. The van der Waals surface area contributed by atoms with Crippen LogP contribution in [0.2, 0.25) is 0 Å². The molecule has 1 aromatic rings. The van der Waals surface area contributed by atoms with Crippen LogP contribution in [0, 0.1) is 0 Å². The molecule has 0 fully saturated rings. The van der Waals surface area contributed by atoms with Crippen molar-refractivity contribution in [3.05, 3.63) is 24.3 Å². The molecule has 0 aromatic heterocycles. The largest absolute Gasteiger partial charge is 0.335 e. The van der Waals surface area contributed by atoms with Gasteiger partial charge in [-0.1, -0.05) is 23.9 Å². The third kappa shape index (κ3) is 0.997. The second kappa shape index (κ2) is 2.41. The van der Waals surface area contributed by atoms with Gasteiger partial charge in [0.15, 0.2) is 0 Å². The van der Waals surface area contributed by atoms with Crippen LogP contribution >= 0.6 is 11.8 Å². The molecule has 1 heterocycles. The second-order valence-corrected chi connectivity index (χ2v) is 3.55. The van der Waals surface area contributed by atoms with Gasteiger partial charge < -0.3 is 4.90 Å². The molecule has 2 rings (SSSR count). The summed E-state index contributed by atoms with van der Waals surface area (Å²) in [5.74, 6) is 0. The molecule has 0 saturated heterocycles. The van der Waals surface area contributed by atoms with Gasteiger partial charge in [-0.05, 0) is 12.1 Å². The van der Waals surface area contributed by atoms with Gasteiger partial charge in [0.1, 0.15) is 0 Å². The number of anilines is 1. The van der Waals surface area contributed by atoms with Gasteiger partial charge >= 0.3 is 0 Å². The quantitative estimate of drug-likeness (QED) is 0.549. The fourth-order valence-corrected chi connectivity index (χ4v) is 2.11. The molecule has 0 N–H and O–H groups in total. The van der Waals surface area contributed by atoms with E-state index in [2.05, 4.69) is 0 Å². The van der Waals surface area contributed by atoms with Crippen LogP contribution < -0.4 is 4.90 Å². The maximum absolute atomic E-state index is 13.0. The van der Waals surface area contributed by atoms with Crippen molar-refractivity contribution < 1.29 is 4.39 Å². The maximum Gasteiger partial charge on any atom is 0.224 e. The van der Waals surface area contributed by atoms with E-state index in [0.29, 0.717) is 0 Å². The van der Waals surface area contributed by atoms with E-state index in [4.69, 9.17) is 0 Å². The van der Waals surface area contributed by atoms with Crippen LogP contribution in [-0.2, 0) is 0 Å². The molecule has 1 nitrogen and oxygen atoms in total. The summed E-state index contributed by atoms with van der Waals surface area (Å²) < 4.78 is 13.0. The molecule has 0 radical (unpaired) electrons. The molecule has 0 aliphatic carbocycles. The molecule has 1 aromatic carbocycles. The highest BCUT2D eigenvalue weighted by atomic mass is 32.2. The van der Waals surface area contributed by atoms with E-state index in [1.165, 1.54) is 11.8 Å². The molecule has 1 aliphatic heterocycles. The molecule has 0 amide bonds. The highest BCUT2D eigenvalue weighted by Gasteiger charge is 2.25. The molecule has 1 aliphatic rings. The van der Waals surface area contributed by atoms with E-state index in [1.807, 2.05) is 24.3 Å². The lowest BCUT2D eigenvalue weighted by atomic mass is 10.3. The first-order chi connectivity index (χ1) is 5.29. The summed E-state index contributed by atoms with van der Waals surface area (Å²) in [6, 6.07) is 7.73. The van der Waals surface area contributed by atoms with Crippen LogP contribution in [0.15, 0.2) is 29.2 Å². The van der Waals surface area contributed by atoms with Gasteiger partial charge in [-0.3, -0.25) is 0 Å². The summed E-state index contributed by atoms with van der Waals surface area (Å²) in [6.07, 6.45) is 0. The van der Waals surface area contributed by atoms with Gasteiger partial charge in [0.25, 0.3) is 0 Å². The van der Waals surface area contributed by atoms with Gasteiger partial charge in [0, 0.05) is 11.9 Å². The molecular weight excluding hydrogens is 161 g/mol. The minimum atomic E-state index is -0.910. The van der Waals surface area contributed by atoms with Crippen LogP contribution in [0.4, 0.5) is 10.1 Å². The Morgan fingerprint density at radius 3 is 2.91 bits per heavy atom. The van der Waals surface area contributed by atoms with Gasteiger partial charge in [-0.2, -0.15) is 0 Å². The topological polar surface area (TPSA) is 3.24 Å². The van der Waals surface area contributed by atoms with E-state index < -0.39 is 5.63 Å². The summed E-state index contributed by atoms with van der Waals surface area (Å²) in [5.41, 5.74) is 0.0809. The van der Waals surface area contributed by atoms with Crippen molar-refractivity contribution in [3.8, 4) is 0 Å². The summed E-state index contributed by atoms with van der Waals surface area (Å²) in [4.78, 5) is 2.67. The van der Waals surface area contributed by atoms with E-state index in [1.54, 1.807) is 11.9 Å². The van der Waals surface area contributed by atoms with Crippen molar-refractivity contribution in [2.24, 2.45) is 0 Å². The molecule has 0 bridgehead atoms. The SMILES string of the molecule is CN1c2ccccc2SC1F. The van der Waals surface area contributed by atoms with Crippen molar-refractivity contribution in [3.63, 3.8) is 0 Å². The molecule has 3 heteroatoms. The van der Waals surface area contributed by atoms with Crippen molar-refractivity contribution in [2.45, 2.75) is 10.5 Å². The summed E-state index contributed by atoms with van der Waals surface area (Å²) in [6.45, 7) is 0. The first kappa shape index (κ1) is 6.98. The number of fused-ring (bicyclic) bond motifs is 1. The van der Waals surface area contributed by atoms with Crippen LogP contribution in [0.5, 0.6) is 0 Å². The number of para-hydroxylation sites is 1. The Labute approximate surface area is 69.2 Å². The zero-order valence-electron chi connectivity index (χ0n) is 6.12. The Morgan fingerprint density at radius 2 is 2.18 bits per heavy atom. The third-order valence-electron chi connectivity index (χ3n) is 1.77. The molecule has 1 atom stereocenters. The van der Waals surface area contributed by atoms with Gasteiger partial charge in [0.05, 0.1) is 5.69 Å². The minimum Gasteiger partial charge on any atom is -0.335 e. The maximum atomic E-state index is 13.0. The van der Waals surface area contributed by atoms with Crippen LogP contribution in [-0.4, -0.2) is 12.7 Å². The first-order valence-electron chi connectivity index (χ1n) is 3.41. The normalized spacial score (nSPS) is 22.0. The van der Waals surface area contributed by atoms with Crippen LogP contribution in [0.25, 0.3) is 0 Å². The smallest absolute Gasteiger partial charge is 0.224 e. The Kier molecular flexibility index (Phi) is 1.53. The highest BCUT2D eigenvalue weighted by Crippen LogP contribution is 2.42. The Hall–Kier alpha value is -0.700. The average Bonchev–Trinajstić information content (AvgIpc) is 2.30. The number of hydrogen-bond donors (Lipinski definition) is 0. The van der Waals surface area contributed by atoms with Gasteiger partial charge in [0.2, 0.25) is 5.63 Å². The number of alkyl halides is 1. The molecule has 58 valence electrons. The fraction of sp³-hybridized carbons (Fsp3) is 0.250. The van der Waals surface area contributed by atoms with Crippen molar-refractivity contribution in [1.82, 2.24) is 0 Å². The number of halogens is 1. The van der Waals surface area contributed by atoms with Crippen LogP contribution in [0.3, 0.4) is 0 Å². The van der Waals surface area contributed by atoms with Crippen molar-refractivity contribution in [2.75, 3.05) is 11.9 Å². The second-order valence-electron chi connectivity index (χ2n) is 2.49. The van der Waals surface area contributed by atoms with E-state index in [0.717, 1.165) is 10.6 Å². The zero-order valence-corrected chi connectivity index (χ0v) is 6.94. The van der Waals surface area contributed by atoms with E-state index >= 15 is 0 Å². The lowest BCUT2D eigenvalue weighted by Gasteiger charge is -2.13. The number of rotatable bonds is 0. The zero-order chi connectivity index (χ0) is 7.84. The summed E-state index contributed by atoms with van der Waals surface area (Å²) >= 11 is 1.26. The van der Waals surface area contributed by atoms with Crippen LogP contribution in [0.1, 0.15) is 0 Å². The standard InChI is InChI=1S/C8H8FNS/c1-10-6-4-2-3-5-7(6)11-8(10)9/h2-5,8H,1H3. The monoisotopic (exact) mass is 169 g/mol. The Morgan fingerprint density at radius 1 is 1.45 bits per heavy atom. The summed E-state index contributed by atoms with van der Waals surface area (Å²) in [7, 11) is 1.77. The number of nitrogens with zero attached hydrogens (tertiary/aromatic N) is 1. The fourth-order valence-electron chi connectivity index (χ4n) is 1.14. The van der Waals surface area contributed by atoms with E-state index in [9.17, 15) is 4.39 Å². The van der Waals surface area contributed by atoms with Gasteiger partial charge in [-0.25, -0.2) is 4.39 Å². The number of benzene rings is 1. The number of thioether (sulfide) groups is 1. The lowest BCUT2D eigenvalue weighted by molar-refractivity contribution is 0.453. The average molecular weight is 169 g/mol. The predicted octanol–water partition coefficient (Wildman–Crippen LogP) is 2.48. The minimum absolute atomic E-state index is 0.910. The van der Waals surface area contributed by atoms with Crippen molar-refractivity contribution in [1.29, 1.82) is 0 Å². The molecule has 0 spiro atoms. The van der Waals surface area contributed by atoms with Gasteiger partial charge in [-0.15, -0.1) is 0 Å².